The van der Waals surface area contributed by atoms with Crippen molar-refractivity contribution < 1.29 is 43.0 Å². The molecule has 160 valence electrons. The summed E-state index contributed by atoms with van der Waals surface area (Å²) in [6.07, 6.45) is 6.41. The first-order valence-electron chi connectivity index (χ1n) is 9.12. The Morgan fingerprint density at radius 2 is 1.56 bits per heavy atom. The fourth-order valence-corrected chi connectivity index (χ4v) is 2.78. The van der Waals surface area contributed by atoms with Gasteiger partial charge in [0.15, 0.2) is 0 Å². The lowest BCUT2D eigenvalue weighted by atomic mass is 10.1. The summed E-state index contributed by atoms with van der Waals surface area (Å²) in [6.45, 7) is 0.411. The number of aliphatic hydroxyl groups is 1. The van der Waals surface area contributed by atoms with Gasteiger partial charge in [-0.25, -0.2) is 4.57 Å². The van der Waals surface area contributed by atoms with Crippen molar-refractivity contribution in [2.75, 3.05) is 19.8 Å². The molecule has 27 heavy (non-hydrogen) atoms. The summed E-state index contributed by atoms with van der Waals surface area (Å²) < 4.78 is 25.3. The number of carboxylic acids is 1. The second-order valence-electron chi connectivity index (χ2n) is 6.21. The van der Waals surface area contributed by atoms with Crippen molar-refractivity contribution in [3.05, 3.63) is 0 Å². The minimum absolute atomic E-state index is 0.246. The Balaban J connectivity index is 3.79. The fourth-order valence-electron chi connectivity index (χ4n) is 2.00. The maximum absolute atomic E-state index is 11.6. The van der Waals surface area contributed by atoms with Gasteiger partial charge in [-0.3, -0.25) is 18.6 Å². The molecule has 3 atom stereocenters. The first-order valence-corrected chi connectivity index (χ1v) is 10.6. The number of carbonyl (C=O) groups is 2. The quantitative estimate of drug-likeness (QED) is 0.156. The molecule has 0 fully saturated rings. The van der Waals surface area contributed by atoms with Gasteiger partial charge in [0.1, 0.15) is 18.8 Å². The summed E-state index contributed by atoms with van der Waals surface area (Å²) in [5.74, 6) is -1.86. The van der Waals surface area contributed by atoms with Crippen LogP contribution in [0.1, 0.15) is 58.3 Å². The van der Waals surface area contributed by atoms with E-state index in [2.05, 4.69) is 16.0 Å². The van der Waals surface area contributed by atoms with E-state index in [9.17, 15) is 24.2 Å². The van der Waals surface area contributed by atoms with Gasteiger partial charge in [0, 0.05) is 6.42 Å². The van der Waals surface area contributed by atoms with Crippen molar-refractivity contribution in [3.63, 3.8) is 0 Å². The molecule has 0 aromatic carbocycles. The molecule has 0 bridgehead atoms. The number of ether oxygens (including phenoxy) is 1. The van der Waals surface area contributed by atoms with Crippen LogP contribution in [0.25, 0.3) is 0 Å². The van der Waals surface area contributed by atoms with Crippen LogP contribution in [0.2, 0.25) is 0 Å². The maximum Gasteiger partial charge on any atom is 0.472 e. The molecule has 0 aliphatic carbocycles. The van der Waals surface area contributed by atoms with E-state index in [0.29, 0.717) is 6.42 Å². The number of esters is 1. The number of carbonyl (C=O) groups excluding carboxylic acids is 1. The first kappa shape index (κ1) is 26.0. The van der Waals surface area contributed by atoms with E-state index < -0.39 is 45.1 Å². The van der Waals surface area contributed by atoms with E-state index in [-0.39, 0.29) is 13.0 Å². The van der Waals surface area contributed by atoms with Gasteiger partial charge in [-0.15, -0.1) is 0 Å². The van der Waals surface area contributed by atoms with Crippen LogP contribution in [0.5, 0.6) is 0 Å². The number of aliphatic carboxylic acids is 1. The Hall–Kier alpha value is -1.03. The zero-order valence-electron chi connectivity index (χ0n) is 15.7. The summed E-state index contributed by atoms with van der Waals surface area (Å²) in [5.41, 5.74) is 5.12. The maximum atomic E-state index is 11.6. The van der Waals surface area contributed by atoms with Crippen molar-refractivity contribution in [2.45, 2.75) is 70.4 Å². The van der Waals surface area contributed by atoms with Crippen LogP contribution in [-0.4, -0.2) is 59.0 Å². The molecule has 0 rings (SSSR count). The SMILES string of the molecule is CCCCCCCCCC(=O)OCC(O)COP(=O)(O)OCC(N)C(=O)O. The number of unbranched alkanes of at least 4 members (excludes halogenated alkanes) is 6. The molecule has 11 heteroatoms. The van der Waals surface area contributed by atoms with Crippen LogP contribution in [0.15, 0.2) is 0 Å². The summed E-state index contributed by atoms with van der Waals surface area (Å²) in [5, 5.41) is 18.1. The standard InChI is InChI=1S/C16H32NO9P/c1-2-3-4-5-6-7-8-9-15(19)24-10-13(18)11-25-27(22,23)26-12-14(17)16(20)21/h13-14,18H,2-12,17H2,1H3,(H,20,21)(H,22,23). The highest BCUT2D eigenvalue weighted by molar-refractivity contribution is 7.47. The van der Waals surface area contributed by atoms with Crippen molar-refractivity contribution in [1.29, 1.82) is 0 Å². The Morgan fingerprint density at radius 1 is 1.00 bits per heavy atom. The van der Waals surface area contributed by atoms with Crippen molar-refractivity contribution in [3.8, 4) is 0 Å². The summed E-state index contributed by atoms with van der Waals surface area (Å²) >= 11 is 0. The first-order chi connectivity index (χ1) is 12.7. The molecule has 0 saturated carbocycles. The zero-order valence-corrected chi connectivity index (χ0v) is 16.6. The Bertz CT molecular complexity index is 475. The molecule has 0 aliphatic heterocycles. The van der Waals surface area contributed by atoms with Gasteiger partial charge >= 0.3 is 19.8 Å². The van der Waals surface area contributed by atoms with Crippen LogP contribution in [-0.2, 0) is 27.9 Å². The third-order valence-electron chi connectivity index (χ3n) is 3.59. The third-order valence-corrected chi connectivity index (χ3v) is 4.54. The second kappa shape index (κ2) is 15.0. The zero-order chi connectivity index (χ0) is 20.7. The van der Waals surface area contributed by atoms with Gasteiger partial charge < -0.3 is 25.6 Å². The minimum atomic E-state index is -4.56. The number of phosphoric acid groups is 1. The Kier molecular flexibility index (Phi) is 14.4. The molecule has 5 N–H and O–H groups in total. The minimum Gasteiger partial charge on any atom is -0.480 e. The molecule has 0 radical (unpaired) electrons. The smallest absolute Gasteiger partial charge is 0.472 e. The number of aliphatic hydroxyl groups excluding tert-OH is 1. The predicted molar refractivity (Wildman–Crippen MR) is 96.9 cm³/mol. The summed E-state index contributed by atoms with van der Waals surface area (Å²) in [7, 11) is -4.56. The number of hydrogen-bond acceptors (Lipinski definition) is 8. The lowest BCUT2D eigenvalue weighted by Crippen LogP contribution is -2.34. The number of phosphoric ester groups is 1. The van der Waals surface area contributed by atoms with Gasteiger partial charge in [-0.2, -0.15) is 0 Å². The monoisotopic (exact) mass is 413 g/mol. The molecule has 0 heterocycles. The van der Waals surface area contributed by atoms with Gasteiger partial charge in [0.2, 0.25) is 0 Å². The largest absolute Gasteiger partial charge is 0.480 e. The average Bonchev–Trinajstić information content (AvgIpc) is 2.62. The van der Waals surface area contributed by atoms with E-state index in [4.69, 9.17) is 15.6 Å². The van der Waals surface area contributed by atoms with Crippen LogP contribution < -0.4 is 5.73 Å². The third kappa shape index (κ3) is 15.7. The molecule has 10 nitrogen and oxygen atoms in total. The van der Waals surface area contributed by atoms with Crippen molar-refractivity contribution in [1.82, 2.24) is 0 Å². The van der Waals surface area contributed by atoms with Gasteiger partial charge in [0.05, 0.1) is 13.2 Å². The number of rotatable bonds is 17. The molecule has 0 saturated heterocycles. The van der Waals surface area contributed by atoms with Crippen LogP contribution in [0.4, 0.5) is 0 Å². The highest BCUT2D eigenvalue weighted by Gasteiger charge is 2.26. The van der Waals surface area contributed by atoms with Crippen LogP contribution in [0.3, 0.4) is 0 Å². The highest BCUT2D eigenvalue weighted by Crippen LogP contribution is 2.43. The molecule has 0 amide bonds. The van der Waals surface area contributed by atoms with Gasteiger partial charge in [0.25, 0.3) is 0 Å². The van der Waals surface area contributed by atoms with Gasteiger partial charge in [-0.05, 0) is 6.42 Å². The van der Waals surface area contributed by atoms with Crippen molar-refractivity contribution in [2.24, 2.45) is 5.73 Å². The molecular formula is C16H32NO9P. The molecule has 0 aromatic heterocycles. The van der Waals surface area contributed by atoms with E-state index >= 15 is 0 Å². The molecular weight excluding hydrogens is 381 g/mol. The summed E-state index contributed by atoms with van der Waals surface area (Å²) in [4.78, 5) is 31.4. The van der Waals surface area contributed by atoms with Crippen LogP contribution in [0, 0.1) is 0 Å². The highest BCUT2D eigenvalue weighted by atomic mass is 31.2. The lowest BCUT2D eigenvalue weighted by molar-refractivity contribution is -0.147. The number of hydrogen-bond donors (Lipinski definition) is 4. The molecule has 0 spiro atoms. The number of nitrogens with two attached hydrogens (primary N) is 1. The second-order valence-corrected chi connectivity index (χ2v) is 7.67. The lowest BCUT2D eigenvalue weighted by Gasteiger charge is -2.16. The fraction of sp³-hybridized carbons (Fsp3) is 0.875. The van der Waals surface area contributed by atoms with E-state index in [1.165, 1.54) is 19.3 Å². The van der Waals surface area contributed by atoms with Crippen molar-refractivity contribution >= 4 is 19.8 Å². The Labute approximate surface area is 159 Å². The number of carboxylic acid groups (broad SMARTS) is 1. The Morgan fingerprint density at radius 3 is 2.15 bits per heavy atom. The van der Waals surface area contributed by atoms with E-state index in [1.54, 1.807) is 0 Å². The molecule has 0 aromatic rings. The van der Waals surface area contributed by atoms with E-state index in [1.807, 2.05) is 0 Å². The normalized spacial score (nSPS) is 15.7. The van der Waals surface area contributed by atoms with Gasteiger partial charge in [-0.1, -0.05) is 45.4 Å². The predicted octanol–water partition coefficient (Wildman–Crippen LogP) is 1.58. The average molecular weight is 413 g/mol. The summed E-state index contributed by atoms with van der Waals surface area (Å²) in [6, 6.07) is -1.48. The topological polar surface area (TPSA) is 166 Å². The van der Waals surface area contributed by atoms with E-state index in [0.717, 1.165) is 19.3 Å². The molecule has 0 aliphatic rings. The molecule has 3 unspecified atom stereocenters. The van der Waals surface area contributed by atoms with Crippen LogP contribution >= 0.6 is 7.82 Å².